The molecule has 1 fully saturated rings. The average molecular weight is 573 g/mol. The molecule has 1 N–H and O–H groups in total. The molecule has 0 unspecified atom stereocenters. The lowest BCUT2D eigenvalue weighted by Gasteiger charge is -2.23. The van der Waals surface area contributed by atoms with Gasteiger partial charge in [0.05, 0.1) is 36.6 Å². The summed E-state index contributed by atoms with van der Waals surface area (Å²) in [6, 6.07) is 5.72. The number of carbonyl (C=O) groups is 1. The quantitative estimate of drug-likeness (QED) is 0.343. The van der Waals surface area contributed by atoms with Crippen LogP contribution in [0.15, 0.2) is 24.4 Å². The third-order valence-corrected chi connectivity index (χ3v) is 7.74. The van der Waals surface area contributed by atoms with E-state index >= 15 is 0 Å². The molecule has 0 aromatic carbocycles. The van der Waals surface area contributed by atoms with E-state index in [4.69, 9.17) is 24.5 Å². The number of amides is 1. The lowest BCUT2D eigenvalue weighted by atomic mass is 9.95. The molecule has 0 spiro atoms. The average Bonchev–Trinajstić information content (AvgIpc) is 3.32. The first kappa shape index (κ1) is 29.9. The van der Waals surface area contributed by atoms with Gasteiger partial charge in [0, 0.05) is 39.1 Å². The molecule has 1 amide bonds. The van der Waals surface area contributed by atoms with Gasteiger partial charge in [-0.1, -0.05) is 33.1 Å². The van der Waals surface area contributed by atoms with Gasteiger partial charge in [0.2, 0.25) is 10.0 Å². The predicted octanol–water partition coefficient (Wildman–Crippen LogP) is 3.91. The van der Waals surface area contributed by atoms with Gasteiger partial charge in [-0.05, 0) is 42.5 Å². The van der Waals surface area contributed by atoms with Crippen LogP contribution in [0, 0.1) is 0 Å². The normalized spacial score (nSPS) is 14.7. The van der Waals surface area contributed by atoms with E-state index in [-0.39, 0.29) is 17.7 Å². The number of rotatable bonds is 12. The van der Waals surface area contributed by atoms with E-state index in [2.05, 4.69) is 23.5 Å². The van der Waals surface area contributed by atoms with E-state index in [0.717, 1.165) is 60.0 Å². The number of methoxy groups -OCH3 is 2. The largest absolute Gasteiger partial charge is 0.383 e. The van der Waals surface area contributed by atoms with Gasteiger partial charge < -0.3 is 14.4 Å². The summed E-state index contributed by atoms with van der Waals surface area (Å²) in [6.45, 7) is 6.60. The number of anilines is 1. The molecule has 1 aliphatic rings. The summed E-state index contributed by atoms with van der Waals surface area (Å²) in [5.74, 6) is 0.109. The maximum atomic E-state index is 13.0. The Hall–Kier alpha value is -3.09. The molecule has 11 nitrogen and oxygen atoms in total. The van der Waals surface area contributed by atoms with E-state index in [1.807, 2.05) is 16.8 Å². The van der Waals surface area contributed by atoms with E-state index < -0.39 is 15.9 Å². The van der Waals surface area contributed by atoms with Gasteiger partial charge in [-0.3, -0.25) is 4.79 Å². The van der Waals surface area contributed by atoms with Crippen LogP contribution in [-0.2, 0) is 19.5 Å². The van der Waals surface area contributed by atoms with Crippen LogP contribution in [0.2, 0.25) is 0 Å². The van der Waals surface area contributed by atoms with Crippen molar-refractivity contribution < 1.29 is 22.7 Å². The summed E-state index contributed by atoms with van der Waals surface area (Å²) >= 11 is 0. The zero-order valence-electron chi connectivity index (χ0n) is 24.0. The third kappa shape index (κ3) is 6.97. The van der Waals surface area contributed by atoms with Crippen molar-refractivity contribution in [1.82, 2.24) is 24.5 Å². The lowest BCUT2D eigenvalue weighted by Crippen LogP contribution is -2.31. The van der Waals surface area contributed by atoms with Crippen LogP contribution < -0.4 is 9.62 Å². The maximum absolute atomic E-state index is 13.0. The number of nitrogens with zero attached hydrogens (tertiary/aromatic N) is 5. The van der Waals surface area contributed by atoms with Crippen molar-refractivity contribution in [3.8, 4) is 11.1 Å². The Labute approximate surface area is 236 Å². The Bertz CT molecular complexity index is 1410. The van der Waals surface area contributed by atoms with Gasteiger partial charge in [0.15, 0.2) is 5.65 Å². The SMILES string of the molecule is COCCN(CCOC)c1ccc(-c2cc(C(=O)NS(C)(=O)=O)nc3c2c(C(C)C)nn3C2CCCCC2)cn1. The molecule has 0 bridgehead atoms. The molecular weight excluding hydrogens is 532 g/mol. The Morgan fingerprint density at radius 1 is 1.12 bits per heavy atom. The number of sulfonamides is 1. The molecule has 40 heavy (non-hydrogen) atoms. The number of hydrogen-bond acceptors (Lipinski definition) is 9. The topological polar surface area (TPSA) is 129 Å². The van der Waals surface area contributed by atoms with Crippen LogP contribution in [0.1, 0.15) is 74.1 Å². The molecule has 218 valence electrons. The van der Waals surface area contributed by atoms with Gasteiger partial charge >= 0.3 is 0 Å². The van der Waals surface area contributed by atoms with Crippen molar-refractivity contribution in [1.29, 1.82) is 0 Å². The molecule has 12 heteroatoms. The lowest BCUT2D eigenvalue weighted by molar-refractivity contribution is 0.0977. The van der Waals surface area contributed by atoms with Gasteiger partial charge in [-0.2, -0.15) is 5.10 Å². The summed E-state index contributed by atoms with van der Waals surface area (Å²) in [6.07, 6.45) is 8.11. The fourth-order valence-corrected chi connectivity index (χ4v) is 5.63. The van der Waals surface area contributed by atoms with Crippen LogP contribution in [0.4, 0.5) is 5.82 Å². The zero-order chi connectivity index (χ0) is 28.9. The van der Waals surface area contributed by atoms with Gasteiger partial charge in [-0.25, -0.2) is 27.8 Å². The molecule has 3 aromatic heterocycles. The minimum atomic E-state index is -3.77. The number of pyridine rings is 2. The molecule has 4 rings (SSSR count). The Kier molecular flexibility index (Phi) is 9.75. The zero-order valence-corrected chi connectivity index (χ0v) is 24.8. The number of carbonyl (C=O) groups excluding carboxylic acids is 1. The highest BCUT2D eigenvalue weighted by atomic mass is 32.2. The molecular formula is C28H40N6O5S. The molecule has 1 saturated carbocycles. The van der Waals surface area contributed by atoms with E-state index in [0.29, 0.717) is 32.0 Å². The minimum absolute atomic E-state index is 0.0195. The fraction of sp³-hybridized carbons (Fsp3) is 0.571. The first-order valence-electron chi connectivity index (χ1n) is 13.8. The van der Waals surface area contributed by atoms with Crippen molar-refractivity contribution in [2.24, 2.45) is 0 Å². The fourth-order valence-electron chi connectivity index (χ4n) is 5.19. The second kappa shape index (κ2) is 13.0. The molecule has 1 aliphatic carbocycles. The number of ether oxygens (including phenoxy) is 2. The number of aromatic nitrogens is 4. The van der Waals surface area contributed by atoms with E-state index in [1.165, 1.54) is 6.42 Å². The van der Waals surface area contributed by atoms with Crippen LogP contribution in [-0.4, -0.2) is 80.9 Å². The Morgan fingerprint density at radius 2 is 1.80 bits per heavy atom. The summed E-state index contributed by atoms with van der Waals surface area (Å²) < 4.78 is 38.3. The highest BCUT2D eigenvalue weighted by Crippen LogP contribution is 2.38. The van der Waals surface area contributed by atoms with Crippen molar-refractivity contribution >= 4 is 32.8 Å². The highest BCUT2D eigenvalue weighted by molar-refractivity contribution is 7.89. The summed E-state index contributed by atoms with van der Waals surface area (Å²) in [5, 5.41) is 5.90. The Morgan fingerprint density at radius 3 is 2.35 bits per heavy atom. The molecule has 0 aliphatic heterocycles. The van der Waals surface area contributed by atoms with Crippen molar-refractivity contribution in [2.45, 2.75) is 57.9 Å². The summed E-state index contributed by atoms with van der Waals surface area (Å²) in [5.41, 5.74) is 3.04. The monoisotopic (exact) mass is 572 g/mol. The van der Waals surface area contributed by atoms with Crippen LogP contribution in [0.25, 0.3) is 22.2 Å². The molecule has 3 aromatic rings. The molecule has 3 heterocycles. The summed E-state index contributed by atoms with van der Waals surface area (Å²) in [7, 11) is -0.445. The number of hydrogen-bond donors (Lipinski definition) is 1. The highest BCUT2D eigenvalue weighted by Gasteiger charge is 2.27. The predicted molar refractivity (Wildman–Crippen MR) is 155 cm³/mol. The van der Waals surface area contributed by atoms with Gasteiger partial charge in [0.1, 0.15) is 11.5 Å². The van der Waals surface area contributed by atoms with Crippen LogP contribution >= 0.6 is 0 Å². The van der Waals surface area contributed by atoms with Crippen molar-refractivity contribution in [3.63, 3.8) is 0 Å². The van der Waals surface area contributed by atoms with E-state index in [1.54, 1.807) is 26.5 Å². The Balaban J connectivity index is 1.87. The van der Waals surface area contributed by atoms with Gasteiger partial charge in [0.25, 0.3) is 5.91 Å². The van der Waals surface area contributed by atoms with Crippen LogP contribution in [0.3, 0.4) is 0 Å². The minimum Gasteiger partial charge on any atom is -0.383 e. The number of fused-ring (bicyclic) bond motifs is 1. The van der Waals surface area contributed by atoms with Crippen molar-refractivity contribution in [3.05, 3.63) is 35.8 Å². The standard InChI is InChI=1S/C28H40N6O5S/c1-19(2)26-25-22(20-11-12-24(29-18-20)33(13-15-38-3)14-16-39-4)17-23(28(35)32-40(5,36)37)30-27(25)34(31-26)21-9-7-6-8-10-21/h11-12,17-19,21H,6-10,13-16H2,1-5H3,(H,32,35). The van der Waals surface area contributed by atoms with Gasteiger partial charge in [-0.15, -0.1) is 0 Å². The number of nitrogens with one attached hydrogen (secondary N) is 1. The smallest absolute Gasteiger partial charge is 0.283 e. The maximum Gasteiger partial charge on any atom is 0.283 e. The molecule has 0 radical (unpaired) electrons. The second-order valence-corrected chi connectivity index (χ2v) is 12.4. The molecule has 0 atom stereocenters. The second-order valence-electron chi connectivity index (χ2n) is 10.6. The first-order chi connectivity index (χ1) is 19.1. The summed E-state index contributed by atoms with van der Waals surface area (Å²) in [4.78, 5) is 24.6. The van der Waals surface area contributed by atoms with Crippen LogP contribution in [0.5, 0.6) is 0 Å². The first-order valence-corrected chi connectivity index (χ1v) is 15.7. The van der Waals surface area contributed by atoms with Crippen molar-refractivity contribution in [2.75, 3.05) is 51.7 Å². The van der Waals surface area contributed by atoms with E-state index in [9.17, 15) is 13.2 Å². The molecule has 0 saturated heterocycles. The third-order valence-electron chi connectivity index (χ3n) is 7.18.